The van der Waals surface area contributed by atoms with Crippen LogP contribution < -0.4 is 10.2 Å². The first kappa shape index (κ1) is 31.7. The van der Waals surface area contributed by atoms with Crippen LogP contribution in [0.2, 0.25) is 10.0 Å². The number of nitrogens with zero attached hydrogens (tertiary/aromatic N) is 4. The maximum atomic E-state index is 12.6. The Kier molecular flexibility index (Phi) is 9.86. The van der Waals surface area contributed by atoms with Gasteiger partial charge in [-0.3, -0.25) is 14.8 Å². The van der Waals surface area contributed by atoms with Crippen LogP contribution in [0.3, 0.4) is 0 Å². The molecule has 1 N–H and O–H groups in total. The molecule has 0 saturated carbocycles. The standard InChI is InChI=1S/C23H28Cl2N4O6S3.Zn/c1-9-23(33,27-17(35-9)11-5-10(24)6-12(25)16(11)30)22-28(2)14(8-37-22)18-26-13(7-36-18)19-29(3)15(20(31)32)21(34-4)38-19;/h5-6,9,13-15,19,21-22,30,33H,7-8H2,1-4H3,(H,31,32);/q;+2/p-2/t9-,13-,14+,15+,19+,21-,22-,23-;/m1./s1. The number of benzene rings is 1. The number of ether oxygens (including phenoxy) is 2. The molecule has 0 aromatic heterocycles. The number of methoxy groups -OCH3 is 1. The van der Waals surface area contributed by atoms with Crippen molar-refractivity contribution in [3.63, 3.8) is 0 Å². The monoisotopic (exact) mass is 684 g/mol. The Balaban J connectivity index is 0.00000353. The van der Waals surface area contributed by atoms with Crippen LogP contribution >= 0.6 is 58.5 Å². The minimum Gasteiger partial charge on any atom is -0.871 e. The maximum absolute atomic E-state index is 12.6. The Morgan fingerprint density at radius 1 is 1.28 bits per heavy atom. The van der Waals surface area contributed by atoms with Crippen molar-refractivity contribution in [3.8, 4) is 5.75 Å². The van der Waals surface area contributed by atoms with E-state index in [2.05, 4.69) is 4.99 Å². The molecule has 39 heavy (non-hydrogen) atoms. The molecule has 5 rings (SSSR count). The summed E-state index contributed by atoms with van der Waals surface area (Å²) in [6.45, 7) is 1.71. The third kappa shape index (κ3) is 5.60. The Morgan fingerprint density at radius 3 is 2.64 bits per heavy atom. The number of halogens is 2. The van der Waals surface area contributed by atoms with Crippen LogP contribution in [0, 0.1) is 0 Å². The molecule has 0 spiro atoms. The Bertz CT molecular complexity index is 1200. The van der Waals surface area contributed by atoms with Gasteiger partial charge in [0.1, 0.15) is 16.9 Å². The summed E-state index contributed by atoms with van der Waals surface area (Å²) in [4.78, 5) is 24.9. The molecule has 4 aliphatic rings. The number of carbonyl (C=O) groups excluding carboxylic acids is 1. The molecule has 0 radical (unpaired) electrons. The number of rotatable bonds is 6. The average Bonchev–Trinajstić information content (AvgIpc) is 3.61. The molecule has 8 atom stereocenters. The van der Waals surface area contributed by atoms with Crippen molar-refractivity contribution in [2.75, 3.05) is 32.7 Å². The molecule has 2 fully saturated rings. The second kappa shape index (κ2) is 12.1. The number of carboxylic acid groups (broad SMARTS) is 1. The predicted octanol–water partition coefficient (Wildman–Crippen LogP) is 0.901. The summed E-state index contributed by atoms with van der Waals surface area (Å²) >= 11 is 16.7. The first-order valence-corrected chi connectivity index (χ1v) is 15.5. The molecule has 2 saturated heterocycles. The van der Waals surface area contributed by atoms with E-state index in [9.17, 15) is 20.1 Å². The van der Waals surface area contributed by atoms with Crippen molar-refractivity contribution in [2.45, 2.75) is 53.1 Å². The third-order valence-corrected chi connectivity index (χ3v) is 12.0. The van der Waals surface area contributed by atoms with Gasteiger partial charge in [0.2, 0.25) is 11.6 Å². The maximum Gasteiger partial charge on any atom is 2.00 e. The zero-order valence-corrected chi connectivity index (χ0v) is 28.5. The molecule has 208 valence electrons. The van der Waals surface area contributed by atoms with E-state index in [1.807, 2.05) is 11.9 Å². The van der Waals surface area contributed by atoms with E-state index in [1.54, 1.807) is 30.6 Å². The molecule has 1 aromatic rings. The van der Waals surface area contributed by atoms with Gasteiger partial charge in [-0.05, 0) is 33.2 Å². The first-order chi connectivity index (χ1) is 18.0. The number of aliphatic carboxylic acids is 1. The SMILES string of the molecule is CO[C@@H]1S[C@@H]([C@H]2CSC([C@@H]3CS[C@H]([C@@]4(O)N=C(c5cc(Cl)cc(Cl)c5[O-])O[C@@H]4C)N3C)=N2)N(C)[C@H]1C(=O)[O-].[Zn+2]. The molecular weight excluding hydrogens is 661 g/mol. The van der Waals surface area contributed by atoms with E-state index in [4.69, 9.17) is 37.7 Å². The third-order valence-electron chi connectivity index (χ3n) is 7.20. The van der Waals surface area contributed by atoms with Crippen molar-refractivity contribution >= 4 is 75.4 Å². The summed E-state index contributed by atoms with van der Waals surface area (Å²) in [5.41, 5.74) is -2.04. The van der Waals surface area contributed by atoms with Crippen molar-refractivity contribution < 1.29 is 49.1 Å². The topological polar surface area (TPSA) is 133 Å². The van der Waals surface area contributed by atoms with Crippen molar-refractivity contribution in [3.05, 3.63) is 27.7 Å². The summed E-state index contributed by atoms with van der Waals surface area (Å²) in [7, 11) is 5.16. The molecule has 0 unspecified atom stereocenters. The molecule has 10 nitrogen and oxygen atoms in total. The van der Waals surface area contributed by atoms with Gasteiger partial charge in [0.05, 0.1) is 34.5 Å². The van der Waals surface area contributed by atoms with E-state index in [0.29, 0.717) is 11.5 Å². The second-order valence-corrected chi connectivity index (χ2v) is 13.7. The Labute approximate surface area is 262 Å². The normalized spacial score (nSPS) is 36.9. The Morgan fingerprint density at radius 2 is 2.00 bits per heavy atom. The summed E-state index contributed by atoms with van der Waals surface area (Å²) in [5.74, 6) is -0.238. The summed E-state index contributed by atoms with van der Waals surface area (Å²) in [5, 5.41) is 36.5. The first-order valence-electron chi connectivity index (χ1n) is 11.8. The van der Waals surface area contributed by atoms with E-state index in [-0.39, 0.29) is 58.4 Å². The zero-order valence-electron chi connectivity index (χ0n) is 21.6. The van der Waals surface area contributed by atoms with Crippen molar-refractivity contribution in [2.24, 2.45) is 9.98 Å². The molecular formula is C23H26Cl2N4O6S3Zn. The van der Waals surface area contributed by atoms with Crippen LogP contribution in [0.15, 0.2) is 22.1 Å². The van der Waals surface area contributed by atoms with Gasteiger partial charge < -0.3 is 29.6 Å². The molecule has 0 bridgehead atoms. The van der Waals surface area contributed by atoms with E-state index >= 15 is 0 Å². The number of hydrogen-bond donors (Lipinski definition) is 1. The number of thioether (sulfide) groups is 3. The van der Waals surface area contributed by atoms with Crippen LogP contribution in [0.5, 0.6) is 5.75 Å². The van der Waals surface area contributed by atoms with Crippen LogP contribution in [-0.4, -0.2) is 111 Å². The van der Waals surface area contributed by atoms with Crippen LogP contribution in [0.1, 0.15) is 12.5 Å². The number of carboxylic acids is 1. The van der Waals surface area contributed by atoms with E-state index in [1.165, 1.54) is 42.8 Å². The van der Waals surface area contributed by atoms with E-state index < -0.39 is 40.4 Å². The van der Waals surface area contributed by atoms with Gasteiger partial charge in [-0.1, -0.05) is 29.0 Å². The van der Waals surface area contributed by atoms with Crippen molar-refractivity contribution in [1.82, 2.24) is 9.80 Å². The molecule has 0 aliphatic carbocycles. The zero-order chi connectivity index (χ0) is 27.5. The molecule has 16 heteroatoms. The fraction of sp³-hybridized carbons (Fsp3) is 0.609. The fourth-order valence-electron chi connectivity index (χ4n) is 5.10. The molecule has 4 heterocycles. The van der Waals surface area contributed by atoms with E-state index in [0.717, 1.165) is 5.04 Å². The van der Waals surface area contributed by atoms with Gasteiger partial charge in [0.15, 0.2) is 0 Å². The van der Waals surface area contributed by atoms with Gasteiger partial charge in [0.25, 0.3) is 0 Å². The Hall–Kier alpha value is -0.277. The minimum atomic E-state index is -1.62. The van der Waals surface area contributed by atoms with Crippen LogP contribution in [0.25, 0.3) is 0 Å². The molecule has 1 aromatic carbocycles. The number of aliphatic imine (C=N–C) groups is 2. The summed E-state index contributed by atoms with van der Waals surface area (Å²) < 4.78 is 11.2. The molecule has 0 amide bonds. The number of aliphatic hydroxyl groups is 1. The van der Waals surface area contributed by atoms with Crippen LogP contribution in [0.4, 0.5) is 0 Å². The summed E-state index contributed by atoms with van der Waals surface area (Å²) in [6.07, 6.45) is -0.727. The van der Waals surface area contributed by atoms with Gasteiger partial charge in [-0.2, -0.15) is 0 Å². The van der Waals surface area contributed by atoms with Crippen molar-refractivity contribution in [1.29, 1.82) is 0 Å². The second-order valence-electron chi connectivity index (χ2n) is 9.50. The van der Waals surface area contributed by atoms with Gasteiger partial charge in [0, 0.05) is 34.2 Å². The largest absolute Gasteiger partial charge is 2.00 e. The number of hydrogen-bond acceptors (Lipinski definition) is 13. The fourth-order valence-corrected chi connectivity index (χ4v) is 10.2. The smallest absolute Gasteiger partial charge is 0.871 e. The number of likely N-dealkylation sites (N-methyl/N-ethyl adjacent to an activating group) is 2. The number of carbonyl (C=O) groups is 1. The quantitative estimate of drug-likeness (QED) is 0.428. The van der Waals surface area contributed by atoms with Gasteiger partial charge in [-0.15, -0.1) is 35.3 Å². The minimum absolute atomic E-state index is 0. The van der Waals surface area contributed by atoms with Crippen LogP contribution in [-0.2, 0) is 33.7 Å². The molecule has 4 aliphatic heterocycles. The predicted molar refractivity (Wildman–Crippen MR) is 148 cm³/mol. The average molecular weight is 687 g/mol. The van der Waals surface area contributed by atoms with Gasteiger partial charge >= 0.3 is 19.5 Å². The van der Waals surface area contributed by atoms with Gasteiger partial charge in [-0.25, -0.2) is 4.99 Å². The summed E-state index contributed by atoms with van der Waals surface area (Å²) in [6, 6.07) is 1.76.